The molecule has 0 spiro atoms. The van der Waals surface area contributed by atoms with E-state index in [0.717, 1.165) is 18.2 Å². The van der Waals surface area contributed by atoms with Gasteiger partial charge in [0.2, 0.25) is 0 Å². The fourth-order valence-corrected chi connectivity index (χ4v) is 2.29. The fraction of sp³-hybridized carbons (Fsp3) is 0.118. The number of carboxylic acids is 1. The molecule has 5 nitrogen and oxygen atoms in total. The van der Waals surface area contributed by atoms with Crippen LogP contribution in [0.15, 0.2) is 42.5 Å². The summed E-state index contributed by atoms with van der Waals surface area (Å²) in [5, 5.41) is 12.0. The van der Waals surface area contributed by atoms with Crippen molar-refractivity contribution in [2.45, 2.75) is 12.7 Å². The van der Waals surface area contributed by atoms with Crippen molar-refractivity contribution in [3.05, 3.63) is 65.1 Å². The van der Waals surface area contributed by atoms with E-state index in [1.807, 2.05) is 0 Å². The van der Waals surface area contributed by atoms with Gasteiger partial charge in [-0.2, -0.15) is 13.2 Å². The summed E-state index contributed by atoms with van der Waals surface area (Å²) in [6.07, 6.45) is -4.55. The van der Waals surface area contributed by atoms with Gasteiger partial charge in [0.25, 0.3) is 0 Å². The van der Waals surface area contributed by atoms with Gasteiger partial charge < -0.3 is 10.4 Å². The molecule has 0 amide bonds. The molecule has 1 heterocycles. The average Bonchev–Trinajstić information content (AvgIpc) is 2.59. The highest BCUT2D eigenvalue weighted by Gasteiger charge is 2.31. The summed E-state index contributed by atoms with van der Waals surface area (Å²) in [5.74, 6) is -1.97. The van der Waals surface area contributed by atoms with E-state index in [0.29, 0.717) is 5.56 Å². The van der Waals surface area contributed by atoms with E-state index < -0.39 is 29.2 Å². The van der Waals surface area contributed by atoms with E-state index >= 15 is 0 Å². The second-order valence-corrected chi connectivity index (χ2v) is 5.41. The molecule has 3 rings (SSSR count). The summed E-state index contributed by atoms with van der Waals surface area (Å²) in [5.41, 5.74) is -0.755. The monoisotopic (exact) mass is 365 g/mol. The number of halogens is 4. The third-order valence-electron chi connectivity index (χ3n) is 3.57. The Morgan fingerprint density at radius 2 is 1.73 bits per heavy atom. The van der Waals surface area contributed by atoms with E-state index in [2.05, 4.69) is 15.3 Å². The van der Waals surface area contributed by atoms with Crippen molar-refractivity contribution in [1.29, 1.82) is 0 Å². The minimum absolute atomic E-state index is 0.0303. The van der Waals surface area contributed by atoms with Crippen LogP contribution in [-0.2, 0) is 12.7 Å². The maximum atomic E-state index is 12.9. The van der Waals surface area contributed by atoms with Crippen molar-refractivity contribution in [3.8, 4) is 0 Å². The number of carbonyl (C=O) groups is 1. The predicted octanol–water partition coefficient (Wildman–Crippen LogP) is 4.10. The lowest BCUT2D eigenvalue weighted by Crippen LogP contribution is -2.12. The van der Waals surface area contributed by atoms with Crippen LogP contribution in [0.25, 0.3) is 11.0 Å². The van der Waals surface area contributed by atoms with Gasteiger partial charge in [0.15, 0.2) is 11.5 Å². The third-order valence-corrected chi connectivity index (χ3v) is 3.57. The number of carboxylic acid groups (broad SMARTS) is 1. The summed E-state index contributed by atoms with van der Waals surface area (Å²) in [6, 6.07) is 8.12. The van der Waals surface area contributed by atoms with Gasteiger partial charge in [0.05, 0.1) is 16.6 Å². The number of aromatic carboxylic acids is 1. The first-order chi connectivity index (χ1) is 12.2. The number of nitrogens with one attached hydrogen (secondary N) is 1. The highest BCUT2D eigenvalue weighted by Crippen LogP contribution is 2.31. The molecule has 134 valence electrons. The Morgan fingerprint density at radius 3 is 2.35 bits per heavy atom. The number of alkyl halides is 3. The largest absolute Gasteiger partial charge is 0.476 e. The summed E-state index contributed by atoms with van der Waals surface area (Å²) in [6.45, 7) is 0.0969. The molecule has 0 saturated heterocycles. The summed E-state index contributed by atoms with van der Waals surface area (Å²) < 4.78 is 51.4. The second-order valence-electron chi connectivity index (χ2n) is 5.41. The number of hydrogen-bond acceptors (Lipinski definition) is 4. The van der Waals surface area contributed by atoms with Crippen molar-refractivity contribution < 1.29 is 27.5 Å². The van der Waals surface area contributed by atoms with E-state index in [9.17, 15) is 27.5 Å². The van der Waals surface area contributed by atoms with Gasteiger partial charge >= 0.3 is 12.1 Å². The van der Waals surface area contributed by atoms with Crippen LogP contribution in [0, 0.1) is 5.82 Å². The number of rotatable bonds is 4. The Bertz CT molecular complexity index is 972. The highest BCUT2D eigenvalue weighted by molar-refractivity contribution is 5.94. The minimum atomic E-state index is -4.55. The first kappa shape index (κ1) is 17.6. The molecule has 0 unspecified atom stereocenters. The number of nitrogens with zero attached hydrogens (tertiary/aromatic N) is 2. The zero-order valence-electron chi connectivity index (χ0n) is 13.0. The van der Waals surface area contributed by atoms with Gasteiger partial charge in [-0.15, -0.1) is 0 Å². The molecule has 0 aliphatic carbocycles. The Labute approximate surface area is 144 Å². The van der Waals surface area contributed by atoms with Gasteiger partial charge in [0.1, 0.15) is 5.82 Å². The number of hydrogen-bond donors (Lipinski definition) is 2. The average molecular weight is 365 g/mol. The van der Waals surface area contributed by atoms with Crippen LogP contribution < -0.4 is 5.32 Å². The van der Waals surface area contributed by atoms with Crippen molar-refractivity contribution in [2.75, 3.05) is 5.32 Å². The smallest absolute Gasteiger partial charge is 0.416 e. The maximum absolute atomic E-state index is 12.9. The summed E-state index contributed by atoms with van der Waals surface area (Å²) >= 11 is 0. The lowest BCUT2D eigenvalue weighted by atomic mass is 10.2. The summed E-state index contributed by atoms with van der Waals surface area (Å²) in [7, 11) is 0. The van der Waals surface area contributed by atoms with Crippen molar-refractivity contribution >= 4 is 22.8 Å². The van der Waals surface area contributed by atoms with E-state index in [1.165, 1.54) is 24.3 Å². The maximum Gasteiger partial charge on any atom is 0.416 e. The van der Waals surface area contributed by atoms with Crippen molar-refractivity contribution in [1.82, 2.24) is 9.97 Å². The Balaban J connectivity index is 1.99. The Morgan fingerprint density at radius 1 is 1.04 bits per heavy atom. The second kappa shape index (κ2) is 6.58. The van der Waals surface area contributed by atoms with Gasteiger partial charge in [-0.3, -0.25) is 0 Å². The van der Waals surface area contributed by atoms with Crippen LogP contribution in [0.2, 0.25) is 0 Å². The number of fused-ring (bicyclic) bond motifs is 1. The molecule has 0 bridgehead atoms. The lowest BCUT2D eigenvalue weighted by Gasteiger charge is -2.11. The van der Waals surface area contributed by atoms with E-state index in [1.54, 1.807) is 0 Å². The zero-order valence-corrected chi connectivity index (χ0v) is 13.0. The van der Waals surface area contributed by atoms with Crippen LogP contribution in [0.5, 0.6) is 0 Å². The van der Waals surface area contributed by atoms with Crippen molar-refractivity contribution in [3.63, 3.8) is 0 Å². The standard InChI is InChI=1S/C17H11F4N3O2/c18-11-4-1-9(2-5-11)8-22-15-14(16(25)26)23-12-6-3-10(17(19,20)21)7-13(12)24-15/h1-7H,8H2,(H,22,24)(H,25,26). The SMILES string of the molecule is O=C(O)c1nc2ccc(C(F)(F)F)cc2nc1NCc1ccc(F)cc1. The van der Waals surface area contributed by atoms with E-state index in [-0.39, 0.29) is 23.4 Å². The molecule has 2 N–H and O–H groups in total. The Hall–Kier alpha value is -3.23. The minimum Gasteiger partial charge on any atom is -0.476 e. The van der Waals surface area contributed by atoms with Gasteiger partial charge in [-0.1, -0.05) is 12.1 Å². The van der Waals surface area contributed by atoms with Gasteiger partial charge in [-0.25, -0.2) is 19.2 Å². The number of benzene rings is 2. The van der Waals surface area contributed by atoms with Gasteiger partial charge in [0, 0.05) is 6.54 Å². The predicted molar refractivity (Wildman–Crippen MR) is 85.2 cm³/mol. The number of anilines is 1. The van der Waals surface area contributed by atoms with Gasteiger partial charge in [-0.05, 0) is 35.9 Å². The van der Waals surface area contributed by atoms with E-state index in [4.69, 9.17) is 0 Å². The molecule has 9 heteroatoms. The first-order valence-electron chi connectivity index (χ1n) is 7.34. The van der Waals surface area contributed by atoms with Crippen LogP contribution in [0.3, 0.4) is 0 Å². The van der Waals surface area contributed by atoms with Crippen LogP contribution in [0.1, 0.15) is 21.6 Å². The Kier molecular flexibility index (Phi) is 4.45. The molecule has 1 aromatic heterocycles. The molecule has 2 aromatic carbocycles. The third kappa shape index (κ3) is 3.71. The van der Waals surface area contributed by atoms with Crippen molar-refractivity contribution in [2.24, 2.45) is 0 Å². The van der Waals surface area contributed by atoms with Crippen LogP contribution in [0.4, 0.5) is 23.4 Å². The van der Waals surface area contributed by atoms with Crippen LogP contribution >= 0.6 is 0 Å². The zero-order chi connectivity index (χ0) is 18.9. The number of aromatic nitrogens is 2. The highest BCUT2D eigenvalue weighted by atomic mass is 19.4. The molecule has 26 heavy (non-hydrogen) atoms. The first-order valence-corrected chi connectivity index (χ1v) is 7.34. The molecule has 0 radical (unpaired) electrons. The lowest BCUT2D eigenvalue weighted by molar-refractivity contribution is -0.137. The molecule has 0 saturated carbocycles. The molecule has 0 aliphatic rings. The molecular formula is C17H11F4N3O2. The topological polar surface area (TPSA) is 75.1 Å². The van der Waals surface area contributed by atoms with Crippen LogP contribution in [-0.4, -0.2) is 21.0 Å². The molecule has 0 aliphatic heterocycles. The summed E-state index contributed by atoms with van der Waals surface area (Å²) in [4.78, 5) is 19.2. The molecule has 0 fully saturated rings. The molecular weight excluding hydrogens is 354 g/mol. The molecule has 0 atom stereocenters. The quantitative estimate of drug-likeness (QED) is 0.681. The normalized spacial score (nSPS) is 11.5. The molecule has 3 aromatic rings. The fourth-order valence-electron chi connectivity index (χ4n) is 2.29.